The Labute approximate surface area is 284 Å². The predicted octanol–water partition coefficient (Wildman–Crippen LogP) is 12.8. The third-order valence-corrected chi connectivity index (χ3v) is 11.8. The molecule has 0 aromatic heterocycles. The summed E-state index contributed by atoms with van der Waals surface area (Å²) >= 11 is 0. The Morgan fingerprint density at radius 2 is 0.878 bits per heavy atom. The predicted molar refractivity (Wildman–Crippen MR) is 205 cm³/mol. The van der Waals surface area contributed by atoms with Crippen LogP contribution in [0.15, 0.2) is 170 Å². The lowest BCUT2D eigenvalue weighted by atomic mass is 9.69. The molecule has 1 unspecified atom stereocenters. The van der Waals surface area contributed by atoms with Crippen molar-refractivity contribution in [3.05, 3.63) is 192 Å². The standard InChI is InChI=1S/C49H28/c1-2-13-31-29(12-1)26-41(34-16-5-3-14-32(31)34)30-24-25-37-36-18-7-9-22-43(36)49(45(37)27-30)44-23-10-8-19-39(44)48-40-21-11-20-38-33-15-4-6-17-35(33)42(47(38)40)28-46(48)49/h1-28H. The van der Waals surface area contributed by atoms with Crippen LogP contribution in [0.2, 0.25) is 0 Å². The first-order valence-electron chi connectivity index (χ1n) is 17.3. The summed E-state index contributed by atoms with van der Waals surface area (Å²) in [6.45, 7) is 0. The van der Waals surface area contributed by atoms with Crippen LogP contribution in [0.3, 0.4) is 0 Å². The smallest absolute Gasteiger partial charge is 0.0619 e. The summed E-state index contributed by atoms with van der Waals surface area (Å²) < 4.78 is 0. The van der Waals surface area contributed by atoms with Crippen molar-refractivity contribution >= 4 is 32.3 Å². The molecule has 0 amide bonds. The molecular formula is C49H28. The Morgan fingerprint density at radius 1 is 0.286 bits per heavy atom. The summed E-state index contributed by atoms with van der Waals surface area (Å²) in [6.07, 6.45) is 0. The normalized spacial score (nSPS) is 15.8. The molecule has 0 heteroatoms. The first-order chi connectivity index (χ1) is 24.3. The number of benzene rings is 9. The van der Waals surface area contributed by atoms with Gasteiger partial charge in [0.2, 0.25) is 0 Å². The topological polar surface area (TPSA) is 0 Å². The molecule has 0 N–H and O–H groups in total. The highest BCUT2D eigenvalue weighted by atomic mass is 14.5. The van der Waals surface area contributed by atoms with Crippen molar-refractivity contribution in [2.75, 3.05) is 0 Å². The molecule has 0 saturated heterocycles. The molecule has 3 aliphatic carbocycles. The van der Waals surface area contributed by atoms with Gasteiger partial charge in [-0.25, -0.2) is 0 Å². The van der Waals surface area contributed by atoms with Crippen molar-refractivity contribution in [2.45, 2.75) is 5.41 Å². The third kappa shape index (κ3) is 3.02. The molecule has 0 nitrogen and oxygen atoms in total. The lowest BCUT2D eigenvalue weighted by Gasteiger charge is -2.31. The minimum absolute atomic E-state index is 0.432. The molecule has 3 aliphatic rings. The van der Waals surface area contributed by atoms with Crippen LogP contribution in [-0.2, 0) is 5.41 Å². The quantitative estimate of drug-likeness (QED) is 0.161. The maximum absolute atomic E-state index is 2.57. The Hall–Kier alpha value is -6.24. The summed E-state index contributed by atoms with van der Waals surface area (Å²) in [7, 11) is 0. The summed E-state index contributed by atoms with van der Waals surface area (Å²) in [4.78, 5) is 0. The highest BCUT2D eigenvalue weighted by Gasteiger charge is 2.52. The maximum atomic E-state index is 2.57. The van der Waals surface area contributed by atoms with Gasteiger partial charge >= 0.3 is 0 Å². The minimum Gasteiger partial charge on any atom is -0.0619 e. The van der Waals surface area contributed by atoms with Crippen LogP contribution in [0.5, 0.6) is 0 Å². The first-order valence-corrected chi connectivity index (χ1v) is 17.3. The maximum Gasteiger partial charge on any atom is 0.0726 e. The molecule has 1 atom stereocenters. The van der Waals surface area contributed by atoms with Crippen LogP contribution in [0.25, 0.3) is 88.0 Å². The molecule has 224 valence electrons. The number of hydrogen-bond acceptors (Lipinski definition) is 0. The van der Waals surface area contributed by atoms with Crippen LogP contribution in [0, 0.1) is 0 Å². The summed E-state index contributed by atoms with van der Waals surface area (Å²) in [5.74, 6) is 0. The van der Waals surface area contributed by atoms with Gasteiger partial charge in [-0.15, -0.1) is 0 Å². The number of hydrogen-bond donors (Lipinski definition) is 0. The van der Waals surface area contributed by atoms with Crippen molar-refractivity contribution in [1.82, 2.24) is 0 Å². The van der Waals surface area contributed by atoms with E-state index in [4.69, 9.17) is 0 Å². The Bertz CT molecular complexity index is 2940. The molecule has 0 aliphatic heterocycles. The molecular weight excluding hydrogens is 589 g/mol. The second-order valence-corrected chi connectivity index (χ2v) is 13.9. The van der Waals surface area contributed by atoms with Crippen molar-refractivity contribution in [3.8, 4) is 55.6 Å². The van der Waals surface area contributed by atoms with Crippen LogP contribution in [-0.4, -0.2) is 0 Å². The van der Waals surface area contributed by atoms with Gasteiger partial charge in [-0.05, 0) is 128 Å². The van der Waals surface area contributed by atoms with E-state index < -0.39 is 5.41 Å². The van der Waals surface area contributed by atoms with E-state index in [1.807, 2.05) is 0 Å². The van der Waals surface area contributed by atoms with Gasteiger partial charge in [0, 0.05) is 0 Å². The van der Waals surface area contributed by atoms with Gasteiger partial charge < -0.3 is 0 Å². The van der Waals surface area contributed by atoms with Gasteiger partial charge in [-0.2, -0.15) is 0 Å². The molecule has 0 radical (unpaired) electrons. The average Bonchev–Trinajstić information content (AvgIpc) is 3.77. The van der Waals surface area contributed by atoms with Gasteiger partial charge in [0.05, 0.1) is 5.41 Å². The van der Waals surface area contributed by atoms with Crippen molar-refractivity contribution in [2.24, 2.45) is 0 Å². The molecule has 1 spiro atoms. The van der Waals surface area contributed by atoms with Crippen molar-refractivity contribution < 1.29 is 0 Å². The number of fused-ring (bicyclic) bond motifs is 17. The second-order valence-electron chi connectivity index (χ2n) is 13.9. The average molecular weight is 617 g/mol. The van der Waals surface area contributed by atoms with Crippen LogP contribution < -0.4 is 0 Å². The fourth-order valence-electron chi connectivity index (χ4n) is 9.95. The van der Waals surface area contributed by atoms with E-state index >= 15 is 0 Å². The largest absolute Gasteiger partial charge is 0.0726 e. The first kappa shape index (κ1) is 25.8. The van der Waals surface area contributed by atoms with Crippen LogP contribution in [0.1, 0.15) is 22.3 Å². The van der Waals surface area contributed by atoms with Crippen molar-refractivity contribution in [3.63, 3.8) is 0 Å². The Morgan fingerprint density at radius 3 is 1.71 bits per heavy atom. The minimum atomic E-state index is -0.432. The zero-order chi connectivity index (χ0) is 31.8. The fraction of sp³-hybridized carbons (Fsp3) is 0.0204. The fourth-order valence-corrected chi connectivity index (χ4v) is 9.95. The third-order valence-electron chi connectivity index (χ3n) is 11.8. The van der Waals surface area contributed by atoms with Gasteiger partial charge in [0.15, 0.2) is 0 Å². The number of rotatable bonds is 1. The monoisotopic (exact) mass is 616 g/mol. The molecule has 0 saturated carbocycles. The van der Waals surface area contributed by atoms with E-state index in [1.54, 1.807) is 0 Å². The van der Waals surface area contributed by atoms with E-state index in [-0.39, 0.29) is 0 Å². The zero-order valence-electron chi connectivity index (χ0n) is 26.7. The van der Waals surface area contributed by atoms with Crippen LogP contribution in [0.4, 0.5) is 0 Å². The zero-order valence-corrected chi connectivity index (χ0v) is 26.7. The second kappa shape index (κ2) is 9.01. The van der Waals surface area contributed by atoms with Gasteiger partial charge in [-0.1, -0.05) is 152 Å². The summed E-state index contributed by atoms with van der Waals surface area (Å²) in [5, 5.41) is 7.91. The highest BCUT2D eigenvalue weighted by Crippen LogP contribution is 2.66. The van der Waals surface area contributed by atoms with E-state index in [9.17, 15) is 0 Å². The SMILES string of the molecule is c1ccc2c(c1)-c1cccc3c4c(cc-2c13)C1(c2ccccc2-c2ccc(-c3cc5ccccc5c5ccccc35)cc21)c1ccccc1-4. The highest BCUT2D eigenvalue weighted by molar-refractivity contribution is 6.21. The van der Waals surface area contributed by atoms with Gasteiger partial charge in [0.1, 0.15) is 0 Å². The van der Waals surface area contributed by atoms with Crippen molar-refractivity contribution in [1.29, 1.82) is 0 Å². The van der Waals surface area contributed by atoms with E-state index in [0.717, 1.165) is 0 Å². The van der Waals surface area contributed by atoms with Gasteiger partial charge in [0.25, 0.3) is 0 Å². The lowest BCUT2D eigenvalue weighted by molar-refractivity contribution is 0.795. The molecule has 0 heterocycles. The molecule has 9 aromatic rings. The van der Waals surface area contributed by atoms with E-state index in [0.29, 0.717) is 0 Å². The Kier molecular flexibility index (Phi) is 4.74. The van der Waals surface area contributed by atoms with Gasteiger partial charge in [-0.3, -0.25) is 0 Å². The lowest BCUT2D eigenvalue weighted by Crippen LogP contribution is -2.26. The Balaban J connectivity index is 1.23. The van der Waals surface area contributed by atoms with E-state index in [1.165, 1.54) is 110 Å². The summed E-state index contributed by atoms with van der Waals surface area (Å²) in [5.41, 5.74) is 18.4. The van der Waals surface area contributed by atoms with E-state index in [2.05, 4.69) is 170 Å². The van der Waals surface area contributed by atoms with Crippen LogP contribution >= 0.6 is 0 Å². The molecule has 12 rings (SSSR count). The molecule has 0 bridgehead atoms. The molecule has 0 fully saturated rings. The summed E-state index contributed by atoms with van der Waals surface area (Å²) in [6, 6.07) is 64.2. The molecule has 9 aromatic carbocycles. The molecule has 49 heavy (non-hydrogen) atoms.